The largest absolute Gasteiger partial charge is 0.481 e. The maximum absolute atomic E-state index is 14.8. The number of hydrogen-bond acceptors (Lipinski definition) is 3. The number of carboxylic acids is 1. The molecule has 0 saturated heterocycles. The van der Waals surface area contributed by atoms with Gasteiger partial charge in [-0.25, -0.2) is 0 Å². The molecule has 0 spiro atoms. The quantitative estimate of drug-likeness (QED) is 0.0489. The van der Waals surface area contributed by atoms with E-state index >= 15 is 0 Å². The van der Waals surface area contributed by atoms with Crippen LogP contribution in [0.15, 0.2) is 0 Å². The lowest BCUT2D eigenvalue weighted by atomic mass is 9.82. The van der Waals surface area contributed by atoms with Crippen molar-refractivity contribution in [2.75, 3.05) is 11.5 Å². The summed E-state index contributed by atoms with van der Waals surface area (Å²) in [5.41, 5.74) is 0. The van der Waals surface area contributed by atoms with Gasteiger partial charge < -0.3 is 5.11 Å². The third-order valence-corrected chi connectivity index (χ3v) is 18.3. The van der Waals surface area contributed by atoms with Gasteiger partial charge in [-0.15, -0.1) is 23.5 Å². The van der Waals surface area contributed by atoms with Crippen LogP contribution in [0.25, 0.3) is 0 Å². The van der Waals surface area contributed by atoms with Gasteiger partial charge in [-0.05, 0) is 13.3 Å². The summed E-state index contributed by atoms with van der Waals surface area (Å²) in [4.78, 5) is 11.1. The van der Waals surface area contributed by atoms with Crippen molar-refractivity contribution >= 4 is 29.5 Å². The predicted octanol–water partition coefficient (Wildman–Crippen LogP) is 25.3. The number of carbonyl (C=O) groups is 1. The number of hydrogen-bond donors (Lipinski definition) is 1. The van der Waals surface area contributed by atoms with Crippen molar-refractivity contribution in [3.05, 3.63) is 0 Å². The van der Waals surface area contributed by atoms with E-state index in [1.165, 1.54) is 0 Å². The molecule has 0 aliphatic heterocycles. The first-order chi connectivity index (χ1) is 49.3. The van der Waals surface area contributed by atoms with Gasteiger partial charge >= 0.3 is 208 Å². The maximum Gasteiger partial charge on any atom is 0.460 e. The van der Waals surface area contributed by atoms with Gasteiger partial charge in [0, 0.05) is 30.8 Å². The molecule has 0 aromatic rings. The van der Waals surface area contributed by atoms with Crippen molar-refractivity contribution in [3.63, 3.8) is 0 Å². The van der Waals surface area contributed by atoms with Gasteiger partial charge in [-0.3, -0.25) is 4.79 Å². The molecule has 0 radical (unpaired) electrons. The van der Waals surface area contributed by atoms with Gasteiger partial charge in [0.1, 0.15) is 0 Å². The summed E-state index contributed by atoms with van der Waals surface area (Å²) in [5, 5.41) is 8.81. The molecule has 0 aromatic carbocycles. The zero-order valence-corrected chi connectivity index (χ0v) is 53.0. The number of halogens is 70. The zero-order valence-electron chi connectivity index (χ0n) is 51.4. The first-order valence-electron chi connectivity index (χ1n) is 26.1. The topological polar surface area (TPSA) is 37.3 Å². The second-order valence-electron chi connectivity index (χ2n) is 22.9. The summed E-state index contributed by atoms with van der Waals surface area (Å²) in [6, 6.07) is 0. The first-order valence-corrected chi connectivity index (χ1v) is 28.0. The molecule has 0 atom stereocenters. The van der Waals surface area contributed by atoms with Gasteiger partial charge in [0.05, 0.1) is 4.08 Å². The van der Waals surface area contributed by atoms with Crippen molar-refractivity contribution in [2.24, 2.45) is 0 Å². The van der Waals surface area contributed by atoms with E-state index in [1.807, 2.05) is 0 Å². The van der Waals surface area contributed by atoms with Gasteiger partial charge in [-0.2, -0.15) is 307 Å². The lowest BCUT2D eigenvalue weighted by Gasteiger charge is -2.47. The van der Waals surface area contributed by atoms with E-state index in [4.69, 9.17) is 5.11 Å². The lowest BCUT2D eigenvalue weighted by Crippen LogP contribution is -2.80. The highest BCUT2D eigenvalue weighted by Gasteiger charge is 3.06. The minimum Gasteiger partial charge on any atom is -0.481 e. The van der Waals surface area contributed by atoms with Crippen LogP contribution in [0, 0.1) is 0 Å². The smallest absolute Gasteiger partial charge is 0.460 e. The molecule has 74 heteroatoms. The van der Waals surface area contributed by atoms with Crippen LogP contribution in [0.2, 0.25) is 0 Å². The lowest BCUT2D eigenvalue weighted by molar-refractivity contribution is -0.492. The Bertz CT molecular complexity index is 3270. The van der Waals surface area contributed by atoms with Crippen molar-refractivity contribution in [1.82, 2.24) is 0 Å². The second kappa shape index (κ2) is 28.9. The van der Waals surface area contributed by atoms with E-state index in [9.17, 15) is 312 Å². The van der Waals surface area contributed by atoms with Crippen LogP contribution in [-0.4, -0.2) is 229 Å². The van der Waals surface area contributed by atoms with E-state index in [0.29, 0.717) is 0 Å². The molecule has 0 rings (SSSR count). The Hall–Kier alpha value is -4.73. The summed E-state index contributed by atoms with van der Waals surface area (Å²) in [6.45, 7) is -0.304. The Labute approximate surface area is 597 Å². The Morgan fingerprint density at radius 3 is 0.385 bits per heavy atom. The fraction of sp³-hybridized carbons (Fsp3) is 0.977. The number of carboxylic acid groups (broad SMARTS) is 1. The molecule has 702 valence electrons. The third kappa shape index (κ3) is 14.3. The SMILES string of the molecule is CC(CCC(=O)O)(SCCC(F)(F)C(F)(F)C(F)(F)C(F)(F)C(F)(F)C(F)(F)C(F)(F)C(F)(F)C(F)(F)C(F)(F)C(F)(F)C(F)(F)C(F)(F)C(F)(F)C(F)(F)C(F)(F)C(F)(F)F)SCCC(F)(F)C(F)(F)C(F)(F)C(F)(F)C(F)(F)C(F)(F)C(F)(F)C(F)(F)C(F)(F)C(F)(F)C(F)(F)C(F)(F)C(F)(F)C(F)(F)C(F)(F)C(F)(F)C(F)(F)F. The Morgan fingerprint density at radius 1 is 0.179 bits per heavy atom. The van der Waals surface area contributed by atoms with Crippen LogP contribution in [0.3, 0.4) is 0 Å². The maximum atomic E-state index is 14.8. The van der Waals surface area contributed by atoms with Gasteiger partial charge in [0.25, 0.3) is 0 Å². The summed E-state index contributed by atoms with van der Waals surface area (Å²) in [7, 11) is 0. The summed E-state index contributed by atoms with van der Waals surface area (Å²) >= 11 is -2.83. The molecule has 2 nitrogen and oxygen atoms in total. The molecule has 0 amide bonds. The van der Waals surface area contributed by atoms with Gasteiger partial charge in [0.15, 0.2) is 0 Å². The Balaban J connectivity index is 7.74. The average molecular weight is 1960 g/mol. The molecule has 0 aromatic heterocycles. The molecule has 117 heavy (non-hydrogen) atoms. The summed E-state index contributed by atoms with van der Waals surface area (Å²) < 4.78 is 978. The van der Waals surface area contributed by atoms with E-state index in [1.54, 1.807) is 0 Å². The fourth-order valence-electron chi connectivity index (χ4n) is 7.57. The fourth-order valence-corrected chi connectivity index (χ4v) is 10.5. The first kappa shape index (κ1) is 112. The highest BCUT2D eigenvalue weighted by Crippen LogP contribution is 2.75. The van der Waals surface area contributed by atoms with Crippen molar-refractivity contribution in [3.8, 4) is 0 Å². The molecule has 0 aliphatic rings. The van der Waals surface area contributed by atoms with E-state index < -0.39 is 273 Å². The Kier molecular flexibility index (Phi) is 27.8. The third-order valence-electron chi connectivity index (χ3n) is 15.1. The van der Waals surface area contributed by atoms with Crippen molar-refractivity contribution in [1.29, 1.82) is 0 Å². The van der Waals surface area contributed by atoms with Crippen molar-refractivity contribution < 1.29 is 317 Å². The van der Waals surface area contributed by atoms with E-state index in [-0.39, 0.29) is 6.92 Å². The minimum atomic E-state index is -10.7. The molecule has 0 saturated carbocycles. The monoisotopic (exact) mass is 1960 g/mol. The number of thioether (sulfide) groups is 2. The van der Waals surface area contributed by atoms with E-state index in [0.717, 1.165) is 0 Å². The minimum absolute atomic E-state index is 0.304. The zero-order chi connectivity index (χ0) is 96.7. The molecular formula is C43H16F70O2S2. The standard InChI is InChI=1S/C43H16F70O2S2/c1-9(3-2-8(114)115,116-6-4-10(44,45)12(48,49)14(52,53)16(56,57)18(60,61)20(64,65)22(68,69)24(72,73)26(76,77)28(80,81)30(84,85)32(88,89)34(92,93)36(96,97)38(100,101)40(104,105)42(108,109)110)117-7-5-11(46,47)13(50,51)15(54,55)17(58,59)19(62,63)21(66,67)23(70,71)25(74,75)27(78,79)29(82,83)31(86,87)33(90,91)35(94,95)37(98,99)39(102,103)41(106,107)43(111,112)113/h2-7H2,1H3,(H,114,115). The molecule has 0 heterocycles. The van der Waals surface area contributed by atoms with Gasteiger partial charge in [-0.1, -0.05) is 0 Å². The normalized spacial score (nSPS) is 17.2. The van der Waals surface area contributed by atoms with E-state index in [2.05, 4.69) is 0 Å². The van der Waals surface area contributed by atoms with Crippen LogP contribution >= 0.6 is 23.5 Å². The van der Waals surface area contributed by atoms with Crippen LogP contribution in [0.1, 0.15) is 32.6 Å². The average Bonchev–Trinajstić information content (AvgIpc) is 0.678. The van der Waals surface area contributed by atoms with Crippen LogP contribution in [0.4, 0.5) is 307 Å². The molecule has 0 unspecified atom stereocenters. The highest BCUT2D eigenvalue weighted by atomic mass is 32.2. The van der Waals surface area contributed by atoms with Crippen LogP contribution in [-0.2, 0) is 4.79 Å². The number of alkyl halides is 70. The summed E-state index contributed by atoms with van der Waals surface area (Å²) in [5.74, 6) is -332. The number of rotatable bonds is 41. The molecule has 1 N–H and O–H groups in total. The second-order valence-corrected chi connectivity index (χ2v) is 26.3. The summed E-state index contributed by atoms with van der Waals surface area (Å²) in [6.07, 6.45) is -29.5. The predicted molar refractivity (Wildman–Crippen MR) is 230 cm³/mol. The Morgan fingerprint density at radius 2 is 0.282 bits per heavy atom. The highest BCUT2D eigenvalue weighted by molar-refractivity contribution is 8.18. The number of aliphatic carboxylic acids is 1. The van der Waals surface area contributed by atoms with Crippen LogP contribution < -0.4 is 0 Å². The molecule has 0 bridgehead atoms. The van der Waals surface area contributed by atoms with Crippen molar-refractivity contribution in [2.45, 2.75) is 239 Å². The van der Waals surface area contributed by atoms with Gasteiger partial charge in [0.2, 0.25) is 0 Å². The molecular weight excluding hydrogens is 1940 g/mol. The molecule has 0 aliphatic carbocycles. The van der Waals surface area contributed by atoms with Crippen LogP contribution in [0.5, 0.6) is 0 Å². The molecule has 0 fully saturated rings.